The Morgan fingerprint density at radius 3 is 2.43 bits per heavy atom. The number of allylic oxidation sites excluding steroid dienone is 6. The van der Waals surface area contributed by atoms with E-state index in [1.54, 1.807) is 12.1 Å². The van der Waals surface area contributed by atoms with Crippen LogP contribution in [0.5, 0.6) is 0 Å². The molecule has 0 bridgehead atoms. The average molecular weight is 412 g/mol. The van der Waals surface area contributed by atoms with Crippen molar-refractivity contribution in [2.24, 2.45) is 11.3 Å². The minimum absolute atomic E-state index is 0.148. The van der Waals surface area contributed by atoms with Gasteiger partial charge < -0.3 is 4.90 Å². The summed E-state index contributed by atoms with van der Waals surface area (Å²) in [6.45, 7) is 14.7. The lowest BCUT2D eigenvalue weighted by atomic mass is 9.74. The lowest BCUT2D eigenvalue weighted by Gasteiger charge is -2.32. The molecule has 0 aliphatic carbocycles. The zero-order valence-electron chi connectivity index (χ0n) is 19.6. The van der Waals surface area contributed by atoms with Gasteiger partial charge >= 0.3 is 0 Å². The molecule has 2 rings (SSSR count). The molecule has 0 radical (unpaired) electrons. The minimum Gasteiger partial charge on any atom is -0.342 e. The van der Waals surface area contributed by atoms with E-state index in [9.17, 15) is 9.18 Å². The Morgan fingerprint density at radius 2 is 1.87 bits per heavy atom. The van der Waals surface area contributed by atoms with Gasteiger partial charge in [-0.1, -0.05) is 55.4 Å². The van der Waals surface area contributed by atoms with Crippen molar-refractivity contribution in [2.75, 3.05) is 13.1 Å². The highest BCUT2D eigenvalue weighted by atomic mass is 19.1. The lowest BCUT2D eigenvalue weighted by Crippen LogP contribution is -2.34. The summed E-state index contributed by atoms with van der Waals surface area (Å²) in [5.74, 6) is 0.318. The maximum Gasteiger partial charge on any atom is 0.227 e. The molecule has 1 aliphatic rings. The van der Waals surface area contributed by atoms with E-state index < -0.39 is 0 Å². The van der Waals surface area contributed by atoms with Crippen LogP contribution in [-0.4, -0.2) is 23.9 Å². The van der Waals surface area contributed by atoms with Crippen LogP contribution in [0, 0.1) is 17.2 Å². The van der Waals surface area contributed by atoms with E-state index in [2.05, 4.69) is 59.8 Å². The largest absolute Gasteiger partial charge is 0.342 e. The summed E-state index contributed by atoms with van der Waals surface area (Å²) < 4.78 is 13.1. The number of rotatable bonds is 8. The van der Waals surface area contributed by atoms with Gasteiger partial charge in [0.2, 0.25) is 5.91 Å². The fraction of sp³-hybridized carbons (Fsp3) is 0.519. The second kappa shape index (κ2) is 10.7. The molecule has 0 spiro atoms. The van der Waals surface area contributed by atoms with Crippen molar-refractivity contribution in [1.29, 1.82) is 0 Å². The van der Waals surface area contributed by atoms with Gasteiger partial charge in [0, 0.05) is 13.1 Å². The van der Waals surface area contributed by atoms with E-state index in [0.717, 1.165) is 37.9 Å². The fourth-order valence-corrected chi connectivity index (χ4v) is 4.50. The molecule has 1 aromatic carbocycles. The number of benzene rings is 1. The molecular formula is C27H38FNO. The molecule has 0 saturated carbocycles. The Labute approximate surface area is 182 Å². The number of nitrogens with zero attached hydrogens (tertiary/aromatic N) is 1. The van der Waals surface area contributed by atoms with Gasteiger partial charge in [0.25, 0.3) is 0 Å². The summed E-state index contributed by atoms with van der Waals surface area (Å²) in [6, 6.07) is 6.26. The SMILES string of the molecule is C/C=C(C)\C(=C/C=C(C)C)C(C)CC1(CC)CCN(C(=O)Cc2ccc(F)cc2)C1. The molecule has 1 aromatic rings. The van der Waals surface area contributed by atoms with Crippen molar-refractivity contribution in [3.05, 3.63) is 70.6 Å². The summed E-state index contributed by atoms with van der Waals surface area (Å²) in [4.78, 5) is 14.9. The average Bonchev–Trinajstić information content (AvgIpc) is 3.14. The van der Waals surface area contributed by atoms with Gasteiger partial charge in [0.05, 0.1) is 6.42 Å². The minimum atomic E-state index is -0.264. The number of carbonyl (C=O) groups is 1. The number of halogens is 1. The molecule has 0 aromatic heterocycles. The van der Waals surface area contributed by atoms with Crippen molar-refractivity contribution in [3.8, 4) is 0 Å². The summed E-state index contributed by atoms with van der Waals surface area (Å²) in [7, 11) is 0. The van der Waals surface area contributed by atoms with Gasteiger partial charge in [0.1, 0.15) is 5.82 Å². The van der Waals surface area contributed by atoms with Crippen LogP contribution in [0.4, 0.5) is 4.39 Å². The first kappa shape index (κ1) is 24.1. The van der Waals surface area contributed by atoms with Crippen LogP contribution in [0.15, 0.2) is 59.2 Å². The molecule has 1 amide bonds. The number of amides is 1. The van der Waals surface area contributed by atoms with Crippen molar-refractivity contribution >= 4 is 5.91 Å². The van der Waals surface area contributed by atoms with Crippen LogP contribution in [0.3, 0.4) is 0 Å². The second-order valence-electron chi connectivity index (χ2n) is 9.16. The fourth-order valence-electron chi connectivity index (χ4n) is 4.50. The highest BCUT2D eigenvalue weighted by molar-refractivity contribution is 5.79. The molecule has 2 unspecified atom stereocenters. The molecule has 1 heterocycles. The monoisotopic (exact) mass is 411 g/mol. The van der Waals surface area contributed by atoms with Gasteiger partial charge in [0.15, 0.2) is 0 Å². The third-order valence-corrected chi connectivity index (χ3v) is 6.56. The number of hydrogen-bond acceptors (Lipinski definition) is 1. The third-order valence-electron chi connectivity index (χ3n) is 6.56. The van der Waals surface area contributed by atoms with E-state index in [0.29, 0.717) is 12.3 Å². The van der Waals surface area contributed by atoms with E-state index in [1.165, 1.54) is 28.9 Å². The zero-order valence-corrected chi connectivity index (χ0v) is 19.6. The molecule has 0 N–H and O–H groups in total. The van der Waals surface area contributed by atoms with E-state index in [1.807, 2.05) is 4.90 Å². The topological polar surface area (TPSA) is 20.3 Å². The Bertz CT molecular complexity index is 814. The normalized spacial score (nSPS) is 21.0. The quantitative estimate of drug-likeness (QED) is 0.427. The second-order valence-corrected chi connectivity index (χ2v) is 9.16. The number of hydrogen-bond donors (Lipinski definition) is 0. The Kier molecular flexibility index (Phi) is 8.64. The Morgan fingerprint density at radius 1 is 1.20 bits per heavy atom. The number of carbonyl (C=O) groups excluding carboxylic acids is 1. The standard InChI is InChI=1S/C27H38FNO/c1-7-21(5)25(14-9-20(3)4)22(6)18-27(8-2)15-16-29(19-27)26(30)17-23-10-12-24(28)13-11-23/h7,9-14,22H,8,15-19H2,1-6H3/b21-7-,25-14+. The Balaban J connectivity index is 2.10. The van der Waals surface area contributed by atoms with E-state index in [-0.39, 0.29) is 17.1 Å². The summed E-state index contributed by atoms with van der Waals surface area (Å²) in [5, 5.41) is 0. The highest BCUT2D eigenvalue weighted by Crippen LogP contribution is 2.42. The van der Waals surface area contributed by atoms with E-state index in [4.69, 9.17) is 0 Å². The first-order chi connectivity index (χ1) is 14.2. The van der Waals surface area contributed by atoms with Gasteiger partial charge in [-0.05, 0) is 81.6 Å². The molecule has 1 fully saturated rings. The molecule has 164 valence electrons. The van der Waals surface area contributed by atoms with Crippen molar-refractivity contribution in [1.82, 2.24) is 4.90 Å². The predicted octanol–water partition coefficient (Wildman–Crippen LogP) is 6.88. The first-order valence-corrected chi connectivity index (χ1v) is 11.2. The van der Waals surface area contributed by atoms with Gasteiger partial charge in [-0.15, -0.1) is 0 Å². The predicted molar refractivity (Wildman–Crippen MR) is 125 cm³/mol. The smallest absolute Gasteiger partial charge is 0.227 e. The molecule has 3 heteroatoms. The first-order valence-electron chi connectivity index (χ1n) is 11.2. The maximum absolute atomic E-state index is 13.1. The molecular weight excluding hydrogens is 373 g/mol. The van der Waals surface area contributed by atoms with Crippen molar-refractivity contribution < 1.29 is 9.18 Å². The van der Waals surface area contributed by atoms with Crippen LogP contribution in [0.25, 0.3) is 0 Å². The summed E-state index contributed by atoms with van der Waals surface area (Å²) in [6.07, 6.45) is 10.2. The molecule has 2 nitrogen and oxygen atoms in total. The molecule has 30 heavy (non-hydrogen) atoms. The molecule has 2 atom stereocenters. The van der Waals surface area contributed by atoms with E-state index >= 15 is 0 Å². The summed E-state index contributed by atoms with van der Waals surface area (Å²) >= 11 is 0. The van der Waals surface area contributed by atoms with Gasteiger partial charge in [-0.3, -0.25) is 4.79 Å². The lowest BCUT2D eigenvalue weighted by molar-refractivity contribution is -0.129. The maximum atomic E-state index is 13.1. The third kappa shape index (κ3) is 6.42. The van der Waals surface area contributed by atoms with Gasteiger partial charge in [-0.25, -0.2) is 4.39 Å². The zero-order chi connectivity index (χ0) is 22.3. The van der Waals surface area contributed by atoms with Crippen LogP contribution in [-0.2, 0) is 11.2 Å². The van der Waals surface area contributed by atoms with Crippen LogP contribution in [0.2, 0.25) is 0 Å². The summed E-state index contributed by atoms with van der Waals surface area (Å²) in [5.41, 5.74) is 5.05. The van der Waals surface area contributed by atoms with Gasteiger partial charge in [-0.2, -0.15) is 0 Å². The van der Waals surface area contributed by atoms with Crippen LogP contribution >= 0.6 is 0 Å². The number of likely N-dealkylation sites (tertiary alicyclic amines) is 1. The van der Waals surface area contributed by atoms with Crippen molar-refractivity contribution in [2.45, 2.75) is 67.2 Å². The molecule has 1 aliphatic heterocycles. The van der Waals surface area contributed by atoms with Crippen LogP contribution in [0.1, 0.15) is 66.4 Å². The van der Waals surface area contributed by atoms with Crippen LogP contribution < -0.4 is 0 Å². The Hall–Kier alpha value is -2.16. The van der Waals surface area contributed by atoms with Crippen molar-refractivity contribution in [3.63, 3.8) is 0 Å². The molecule has 1 saturated heterocycles. The highest BCUT2D eigenvalue weighted by Gasteiger charge is 2.39.